The molecular weight excluding hydrogens is 499 g/mol. The fraction of sp³-hybridized carbons (Fsp3) is 0.667. The number of guanidine groups is 1. The van der Waals surface area contributed by atoms with Gasteiger partial charge in [-0.2, -0.15) is 0 Å². The molecule has 1 aromatic rings. The second-order valence-electron chi connectivity index (χ2n) is 7.66. The van der Waals surface area contributed by atoms with Gasteiger partial charge in [-0.25, -0.2) is 0 Å². The molecular formula is C21H37IN4O4. The Labute approximate surface area is 197 Å². The molecule has 8 nitrogen and oxygen atoms in total. The van der Waals surface area contributed by atoms with E-state index in [9.17, 15) is 0 Å². The van der Waals surface area contributed by atoms with E-state index in [1.807, 2.05) is 19.2 Å². The van der Waals surface area contributed by atoms with Gasteiger partial charge in [-0.3, -0.25) is 9.89 Å². The summed E-state index contributed by atoms with van der Waals surface area (Å²) in [5.74, 6) is 2.91. The number of nitrogens with one attached hydrogen (secondary N) is 1. The Balaban J connectivity index is 0.00000450. The number of aliphatic imine (C=N–C) groups is 1. The first-order valence-corrected chi connectivity index (χ1v) is 9.89. The fourth-order valence-corrected chi connectivity index (χ4v) is 3.30. The van der Waals surface area contributed by atoms with Crippen LogP contribution in [0.5, 0.6) is 17.2 Å². The van der Waals surface area contributed by atoms with Crippen LogP contribution in [0.3, 0.4) is 0 Å². The van der Waals surface area contributed by atoms with Gasteiger partial charge in [-0.15, -0.1) is 24.0 Å². The number of hydrogen-bond acceptors (Lipinski definition) is 6. The molecule has 1 fully saturated rings. The highest BCUT2D eigenvalue weighted by atomic mass is 127. The minimum atomic E-state index is -0.232. The summed E-state index contributed by atoms with van der Waals surface area (Å²) in [4.78, 5) is 9.14. The third-order valence-electron chi connectivity index (χ3n) is 5.24. The largest absolute Gasteiger partial charge is 0.493 e. The third-order valence-corrected chi connectivity index (χ3v) is 5.24. The monoisotopic (exact) mass is 536 g/mol. The molecule has 0 aliphatic carbocycles. The highest BCUT2D eigenvalue weighted by Crippen LogP contribution is 2.38. The molecule has 1 aromatic carbocycles. The number of ether oxygens (including phenoxy) is 4. The lowest BCUT2D eigenvalue weighted by atomic mass is 10.1. The maximum Gasteiger partial charge on any atom is 0.203 e. The number of hydrogen-bond donors (Lipinski definition) is 1. The Bertz CT molecular complexity index is 667. The van der Waals surface area contributed by atoms with Crippen LogP contribution < -0.4 is 19.5 Å². The molecule has 30 heavy (non-hydrogen) atoms. The Kier molecular flexibility index (Phi) is 11.0. The highest BCUT2D eigenvalue weighted by molar-refractivity contribution is 14.0. The van der Waals surface area contributed by atoms with Crippen molar-refractivity contribution in [2.45, 2.75) is 26.0 Å². The van der Waals surface area contributed by atoms with Crippen molar-refractivity contribution in [3.8, 4) is 17.2 Å². The van der Waals surface area contributed by atoms with Gasteiger partial charge in [0.05, 0.1) is 26.9 Å². The summed E-state index contributed by atoms with van der Waals surface area (Å²) in [7, 11) is 8.46. The topological polar surface area (TPSA) is 67.8 Å². The zero-order chi connectivity index (χ0) is 21.4. The number of benzene rings is 1. The zero-order valence-corrected chi connectivity index (χ0v) is 21.6. The molecule has 0 saturated carbocycles. The quantitative estimate of drug-likeness (QED) is 0.311. The minimum absolute atomic E-state index is 0. The van der Waals surface area contributed by atoms with Gasteiger partial charge in [0.1, 0.15) is 0 Å². The van der Waals surface area contributed by atoms with Crippen LogP contribution in [-0.4, -0.2) is 89.6 Å². The van der Waals surface area contributed by atoms with Gasteiger partial charge in [0.15, 0.2) is 17.5 Å². The van der Waals surface area contributed by atoms with E-state index in [-0.39, 0.29) is 29.6 Å². The first kappa shape index (κ1) is 26.6. The summed E-state index contributed by atoms with van der Waals surface area (Å²) in [6.45, 7) is 9.38. The average molecular weight is 536 g/mol. The van der Waals surface area contributed by atoms with Gasteiger partial charge in [0, 0.05) is 53.4 Å². The van der Waals surface area contributed by atoms with Crippen LogP contribution in [0, 0.1) is 0 Å². The molecule has 0 radical (unpaired) electrons. The fourth-order valence-electron chi connectivity index (χ4n) is 3.30. The van der Waals surface area contributed by atoms with E-state index in [4.69, 9.17) is 18.9 Å². The smallest absolute Gasteiger partial charge is 0.203 e. The lowest BCUT2D eigenvalue weighted by molar-refractivity contribution is 0.0261. The van der Waals surface area contributed by atoms with E-state index in [1.165, 1.54) is 0 Å². The predicted octanol–water partition coefficient (Wildman–Crippen LogP) is 2.45. The van der Waals surface area contributed by atoms with Crippen molar-refractivity contribution in [2.24, 2.45) is 4.99 Å². The Morgan fingerprint density at radius 2 is 1.57 bits per heavy atom. The summed E-state index contributed by atoms with van der Waals surface area (Å²) < 4.78 is 21.8. The van der Waals surface area contributed by atoms with Crippen LogP contribution in [0.2, 0.25) is 0 Å². The number of methoxy groups -OCH3 is 4. The highest BCUT2D eigenvalue weighted by Gasteiger charge is 2.23. The summed E-state index contributed by atoms with van der Waals surface area (Å²) in [6, 6.07) is 4.03. The Morgan fingerprint density at radius 1 is 1.00 bits per heavy atom. The molecule has 172 valence electrons. The minimum Gasteiger partial charge on any atom is -0.493 e. The maximum atomic E-state index is 5.48. The van der Waals surface area contributed by atoms with Gasteiger partial charge in [0.25, 0.3) is 0 Å². The summed E-state index contributed by atoms with van der Waals surface area (Å²) >= 11 is 0. The molecule has 1 heterocycles. The van der Waals surface area contributed by atoms with Crippen LogP contribution in [0.1, 0.15) is 19.4 Å². The van der Waals surface area contributed by atoms with E-state index < -0.39 is 0 Å². The molecule has 0 unspecified atom stereocenters. The number of piperazine rings is 1. The van der Waals surface area contributed by atoms with Gasteiger partial charge in [0.2, 0.25) is 5.75 Å². The van der Waals surface area contributed by atoms with E-state index in [1.54, 1.807) is 28.4 Å². The lowest BCUT2D eigenvalue weighted by Crippen LogP contribution is -2.54. The van der Waals surface area contributed by atoms with E-state index >= 15 is 0 Å². The Hall–Kier alpha value is -1.46. The normalized spacial score (nSPS) is 15.4. The SMILES string of the molecule is CN=C(NCC(C)(C)OC)N1CCN(Cc2cc(OC)c(OC)c(OC)c2)CC1.I. The van der Waals surface area contributed by atoms with Crippen molar-refractivity contribution < 1.29 is 18.9 Å². The Morgan fingerprint density at radius 3 is 2.00 bits per heavy atom. The molecule has 1 N–H and O–H groups in total. The van der Waals surface area contributed by atoms with Crippen LogP contribution in [0.25, 0.3) is 0 Å². The molecule has 1 aliphatic rings. The third kappa shape index (κ3) is 7.05. The molecule has 2 rings (SSSR count). The number of halogens is 1. The molecule has 0 aromatic heterocycles. The number of nitrogens with zero attached hydrogens (tertiary/aromatic N) is 3. The van der Waals surface area contributed by atoms with Crippen molar-refractivity contribution in [3.05, 3.63) is 17.7 Å². The molecule has 0 amide bonds. The summed E-state index contributed by atoms with van der Waals surface area (Å²) in [5, 5.41) is 3.42. The second-order valence-corrected chi connectivity index (χ2v) is 7.66. The maximum absolute atomic E-state index is 5.48. The summed E-state index contributed by atoms with van der Waals surface area (Å²) in [5.41, 5.74) is 0.904. The van der Waals surface area contributed by atoms with Crippen molar-refractivity contribution in [2.75, 3.05) is 68.2 Å². The van der Waals surface area contributed by atoms with Gasteiger partial charge in [-0.05, 0) is 31.5 Å². The molecule has 1 saturated heterocycles. The molecule has 0 atom stereocenters. The van der Waals surface area contributed by atoms with E-state index in [0.29, 0.717) is 23.8 Å². The standard InChI is InChI=1S/C21H36N4O4.HI/c1-21(2,29-7)15-23-20(22-3)25-10-8-24(9-11-25)14-16-12-17(26-4)19(28-6)18(13-16)27-5;/h12-13H,8-11,14-15H2,1-7H3,(H,22,23);1H. The van der Waals surface area contributed by atoms with Crippen molar-refractivity contribution in [1.29, 1.82) is 0 Å². The first-order valence-electron chi connectivity index (χ1n) is 9.89. The molecule has 0 bridgehead atoms. The molecule has 9 heteroatoms. The lowest BCUT2D eigenvalue weighted by Gasteiger charge is -2.37. The zero-order valence-electron chi connectivity index (χ0n) is 19.3. The van der Waals surface area contributed by atoms with E-state index in [2.05, 4.69) is 34.0 Å². The van der Waals surface area contributed by atoms with Crippen LogP contribution >= 0.6 is 24.0 Å². The van der Waals surface area contributed by atoms with E-state index in [0.717, 1.165) is 44.2 Å². The van der Waals surface area contributed by atoms with Crippen LogP contribution in [-0.2, 0) is 11.3 Å². The molecule has 0 spiro atoms. The second kappa shape index (κ2) is 12.4. The van der Waals surface area contributed by atoms with Gasteiger partial charge >= 0.3 is 0 Å². The molecule has 1 aliphatic heterocycles. The first-order chi connectivity index (χ1) is 13.9. The van der Waals surface area contributed by atoms with Crippen LogP contribution in [0.15, 0.2) is 17.1 Å². The average Bonchev–Trinajstić information content (AvgIpc) is 2.74. The van der Waals surface area contributed by atoms with Gasteiger partial charge in [-0.1, -0.05) is 0 Å². The van der Waals surface area contributed by atoms with Crippen LogP contribution in [0.4, 0.5) is 0 Å². The van der Waals surface area contributed by atoms with Crippen molar-refractivity contribution >= 4 is 29.9 Å². The van der Waals surface area contributed by atoms with Crippen molar-refractivity contribution in [1.82, 2.24) is 15.1 Å². The predicted molar refractivity (Wildman–Crippen MR) is 131 cm³/mol. The van der Waals surface area contributed by atoms with Crippen molar-refractivity contribution in [3.63, 3.8) is 0 Å². The number of rotatable bonds is 8. The van der Waals surface area contributed by atoms with Gasteiger partial charge < -0.3 is 29.2 Å². The summed E-state index contributed by atoms with van der Waals surface area (Å²) in [6.07, 6.45) is 0.